The first-order valence-electron chi connectivity index (χ1n) is 8.21. The van der Waals surface area contributed by atoms with Gasteiger partial charge in [-0.15, -0.1) is 0 Å². The van der Waals surface area contributed by atoms with Gasteiger partial charge in [0.05, 0.1) is 16.3 Å². The fourth-order valence-electron chi connectivity index (χ4n) is 2.61. The molecular weight excluding hydrogens is 351 g/mol. The summed E-state index contributed by atoms with van der Waals surface area (Å²) in [6, 6.07) is 21.1. The first-order valence-corrected chi connectivity index (χ1v) is 8.59. The number of halogens is 2. The van der Waals surface area contributed by atoms with Gasteiger partial charge in [0.25, 0.3) is 5.91 Å². The lowest BCUT2D eigenvalue weighted by Gasteiger charge is -2.17. The summed E-state index contributed by atoms with van der Waals surface area (Å²) in [5.74, 6) is -1.08. The van der Waals surface area contributed by atoms with Crippen molar-refractivity contribution in [2.24, 2.45) is 0 Å². The highest BCUT2D eigenvalue weighted by Gasteiger charge is 2.12. The lowest BCUT2D eigenvalue weighted by molar-refractivity contribution is 0.102. The Kier molecular flexibility index (Phi) is 5.54. The van der Waals surface area contributed by atoms with Gasteiger partial charge >= 0.3 is 0 Å². The number of carbonyl (C=O) groups is 1. The van der Waals surface area contributed by atoms with Crippen LogP contribution in [0.25, 0.3) is 0 Å². The molecule has 0 radical (unpaired) electrons. The maximum Gasteiger partial charge on any atom is 0.258 e. The SMILES string of the molecule is CC(Nc1ccc(NC(=O)c2ccccc2F)cc1Cl)c1ccccc1. The minimum Gasteiger partial charge on any atom is -0.377 e. The van der Waals surface area contributed by atoms with E-state index in [0.717, 1.165) is 11.3 Å². The Morgan fingerprint density at radius 3 is 2.38 bits per heavy atom. The molecule has 0 saturated heterocycles. The number of rotatable bonds is 5. The van der Waals surface area contributed by atoms with E-state index in [4.69, 9.17) is 11.6 Å². The first kappa shape index (κ1) is 18.0. The molecule has 0 spiro atoms. The molecule has 0 heterocycles. The zero-order valence-corrected chi connectivity index (χ0v) is 14.9. The van der Waals surface area contributed by atoms with Crippen molar-refractivity contribution in [2.45, 2.75) is 13.0 Å². The van der Waals surface area contributed by atoms with Gasteiger partial charge < -0.3 is 10.6 Å². The minimum atomic E-state index is -0.564. The van der Waals surface area contributed by atoms with E-state index in [2.05, 4.69) is 10.6 Å². The Balaban J connectivity index is 1.71. The summed E-state index contributed by atoms with van der Waals surface area (Å²) < 4.78 is 13.7. The molecule has 3 aromatic rings. The first-order chi connectivity index (χ1) is 12.5. The predicted molar refractivity (Wildman–Crippen MR) is 104 cm³/mol. The molecule has 0 aliphatic carbocycles. The van der Waals surface area contributed by atoms with E-state index in [0.29, 0.717) is 10.7 Å². The molecule has 0 aliphatic rings. The number of hydrogen-bond acceptors (Lipinski definition) is 2. The monoisotopic (exact) mass is 368 g/mol. The minimum absolute atomic E-state index is 0.0106. The van der Waals surface area contributed by atoms with E-state index in [1.807, 2.05) is 37.3 Å². The van der Waals surface area contributed by atoms with Crippen LogP contribution in [0, 0.1) is 5.82 Å². The van der Waals surface area contributed by atoms with Crippen LogP contribution in [0.4, 0.5) is 15.8 Å². The number of anilines is 2. The van der Waals surface area contributed by atoms with E-state index in [-0.39, 0.29) is 11.6 Å². The third-order valence-electron chi connectivity index (χ3n) is 4.02. The fourth-order valence-corrected chi connectivity index (χ4v) is 2.85. The lowest BCUT2D eigenvalue weighted by Crippen LogP contribution is -2.14. The second-order valence-electron chi connectivity index (χ2n) is 5.91. The smallest absolute Gasteiger partial charge is 0.258 e. The molecule has 132 valence electrons. The number of nitrogens with one attached hydrogen (secondary N) is 2. The van der Waals surface area contributed by atoms with Crippen LogP contribution in [0.5, 0.6) is 0 Å². The molecule has 3 aromatic carbocycles. The Morgan fingerprint density at radius 2 is 1.69 bits per heavy atom. The Bertz CT molecular complexity index is 915. The van der Waals surface area contributed by atoms with Crippen LogP contribution >= 0.6 is 11.6 Å². The van der Waals surface area contributed by atoms with Crippen molar-refractivity contribution in [3.63, 3.8) is 0 Å². The van der Waals surface area contributed by atoms with Crippen LogP contribution < -0.4 is 10.6 Å². The molecule has 0 bridgehead atoms. The van der Waals surface area contributed by atoms with Crippen LogP contribution in [0.3, 0.4) is 0 Å². The lowest BCUT2D eigenvalue weighted by atomic mass is 10.1. The van der Waals surface area contributed by atoms with E-state index < -0.39 is 11.7 Å². The molecular formula is C21H18ClFN2O. The molecule has 0 fully saturated rings. The maximum absolute atomic E-state index is 13.7. The average molecular weight is 369 g/mol. The normalized spacial score (nSPS) is 11.7. The van der Waals surface area contributed by atoms with Crippen molar-refractivity contribution in [3.05, 3.63) is 94.8 Å². The van der Waals surface area contributed by atoms with E-state index in [9.17, 15) is 9.18 Å². The topological polar surface area (TPSA) is 41.1 Å². The summed E-state index contributed by atoms with van der Waals surface area (Å²) in [6.45, 7) is 2.04. The van der Waals surface area contributed by atoms with Gasteiger partial charge in [0.2, 0.25) is 0 Å². The molecule has 0 saturated carbocycles. The average Bonchev–Trinajstić information content (AvgIpc) is 2.65. The van der Waals surface area contributed by atoms with E-state index in [1.54, 1.807) is 24.3 Å². The molecule has 1 atom stereocenters. The van der Waals surface area contributed by atoms with Gasteiger partial charge in [-0.05, 0) is 42.8 Å². The molecule has 26 heavy (non-hydrogen) atoms. The predicted octanol–water partition coefficient (Wildman–Crippen LogP) is 5.90. The van der Waals surface area contributed by atoms with Crippen molar-refractivity contribution in [1.29, 1.82) is 0 Å². The zero-order chi connectivity index (χ0) is 18.5. The van der Waals surface area contributed by atoms with Crippen molar-refractivity contribution >= 4 is 28.9 Å². The summed E-state index contributed by atoms with van der Waals surface area (Å²) in [5.41, 5.74) is 2.39. The van der Waals surface area contributed by atoms with Gasteiger partial charge in [-0.25, -0.2) is 4.39 Å². The number of hydrogen-bond donors (Lipinski definition) is 2. The number of amides is 1. The van der Waals surface area contributed by atoms with Gasteiger partial charge in [0, 0.05) is 11.7 Å². The van der Waals surface area contributed by atoms with Gasteiger partial charge in [-0.3, -0.25) is 4.79 Å². The maximum atomic E-state index is 13.7. The largest absolute Gasteiger partial charge is 0.377 e. The summed E-state index contributed by atoms with van der Waals surface area (Å²) in [7, 11) is 0. The van der Waals surface area contributed by atoms with Crippen LogP contribution in [0.15, 0.2) is 72.8 Å². The summed E-state index contributed by atoms with van der Waals surface area (Å²) >= 11 is 6.33. The van der Waals surface area contributed by atoms with Gasteiger partial charge in [0.15, 0.2) is 0 Å². The van der Waals surface area contributed by atoms with E-state index >= 15 is 0 Å². The summed E-state index contributed by atoms with van der Waals surface area (Å²) in [5, 5.41) is 6.48. The molecule has 3 nitrogen and oxygen atoms in total. The second kappa shape index (κ2) is 8.02. The second-order valence-corrected chi connectivity index (χ2v) is 6.31. The molecule has 5 heteroatoms. The fraction of sp³-hybridized carbons (Fsp3) is 0.0952. The number of carbonyl (C=O) groups excluding carboxylic acids is 1. The zero-order valence-electron chi connectivity index (χ0n) is 14.2. The standard InChI is InChI=1S/C21H18ClFN2O/c1-14(15-7-3-2-4-8-15)24-20-12-11-16(13-18(20)22)25-21(26)17-9-5-6-10-19(17)23/h2-14,24H,1H3,(H,25,26). The van der Waals surface area contributed by atoms with Gasteiger partial charge in [-0.2, -0.15) is 0 Å². The molecule has 1 unspecified atom stereocenters. The van der Waals surface area contributed by atoms with Crippen LogP contribution in [0.2, 0.25) is 5.02 Å². The molecule has 2 N–H and O–H groups in total. The van der Waals surface area contributed by atoms with E-state index in [1.165, 1.54) is 18.2 Å². The van der Waals surface area contributed by atoms with Crippen molar-refractivity contribution in [1.82, 2.24) is 0 Å². The van der Waals surface area contributed by atoms with Crippen molar-refractivity contribution in [3.8, 4) is 0 Å². The molecule has 1 amide bonds. The highest BCUT2D eigenvalue weighted by molar-refractivity contribution is 6.33. The van der Waals surface area contributed by atoms with Crippen LogP contribution in [0.1, 0.15) is 28.9 Å². The molecule has 0 aromatic heterocycles. The van der Waals surface area contributed by atoms with Crippen LogP contribution in [-0.2, 0) is 0 Å². The van der Waals surface area contributed by atoms with Gasteiger partial charge in [-0.1, -0.05) is 54.1 Å². The van der Waals surface area contributed by atoms with Crippen molar-refractivity contribution < 1.29 is 9.18 Å². The number of benzene rings is 3. The highest BCUT2D eigenvalue weighted by Crippen LogP contribution is 2.29. The van der Waals surface area contributed by atoms with Crippen molar-refractivity contribution in [2.75, 3.05) is 10.6 Å². The molecule has 0 aliphatic heterocycles. The third kappa shape index (κ3) is 4.21. The third-order valence-corrected chi connectivity index (χ3v) is 4.33. The van der Waals surface area contributed by atoms with Crippen LogP contribution in [-0.4, -0.2) is 5.91 Å². The molecule has 3 rings (SSSR count). The Morgan fingerprint density at radius 1 is 1.00 bits per heavy atom. The quantitative estimate of drug-likeness (QED) is 0.588. The summed E-state index contributed by atoms with van der Waals surface area (Å²) in [6.07, 6.45) is 0. The summed E-state index contributed by atoms with van der Waals surface area (Å²) in [4.78, 5) is 12.2. The van der Waals surface area contributed by atoms with Gasteiger partial charge in [0.1, 0.15) is 5.82 Å². The Hall–Kier alpha value is -2.85. The Labute approximate surface area is 156 Å². The highest BCUT2D eigenvalue weighted by atomic mass is 35.5.